The van der Waals surface area contributed by atoms with Crippen LogP contribution in [0.3, 0.4) is 0 Å². The van der Waals surface area contributed by atoms with Crippen LogP contribution in [0.4, 0.5) is 0 Å². The zero-order valence-corrected chi connectivity index (χ0v) is 10.8. The molecule has 0 aromatic heterocycles. The molecule has 0 spiro atoms. The average molecular weight is 244 g/mol. The monoisotopic (exact) mass is 244 g/mol. The predicted octanol–water partition coefficient (Wildman–Crippen LogP) is 2.27. The minimum Gasteiger partial charge on any atom is -0.472 e. The summed E-state index contributed by atoms with van der Waals surface area (Å²) >= 11 is 0. The van der Waals surface area contributed by atoms with Gasteiger partial charge in [0.25, 0.3) is 0 Å². The Balaban J connectivity index is 1.80. The third kappa shape index (κ3) is 2.03. The first-order chi connectivity index (χ1) is 8.78. The van der Waals surface area contributed by atoms with Crippen LogP contribution < -0.4 is 5.73 Å². The van der Waals surface area contributed by atoms with E-state index in [2.05, 4.69) is 19.1 Å². The van der Waals surface area contributed by atoms with Gasteiger partial charge in [-0.1, -0.05) is 18.2 Å². The number of aryl methyl sites for hydroxylation is 1. The summed E-state index contributed by atoms with van der Waals surface area (Å²) < 4.78 is 6.06. The maximum Gasteiger partial charge on any atom is 0.217 e. The highest BCUT2D eigenvalue weighted by Gasteiger charge is 2.37. The van der Waals surface area contributed by atoms with Crippen LogP contribution in [0.15, 0.2) is 29.3 Å². The molecule has 1 saturated carbocycles. The van der Waals surface area contributed by atoms with E-state index in [1.54, 1.807) is 0 Å². The number of aliphatic imine (C=N–C) groups is 1. The third-order valence-electron chi connectivity index (χ3n) is 4.12. The molecule has 3 nitrogen and oxygen atoms in total. The molecule has 2 aliphatic rings. The highest BCUT2D eigenvalue weighted by Crippen LogP contribution is 2.33. The van der Waals surface area contributed by atoms with Gasteiger partial charge in [-0.3, -0.25) is 0 Å². The van der Waals surface area contributed by atoms with Gasteiger partial charge in [0, 0.05) is 5.56 Å². The number of fused-ring (bicyclic) bond motifs is 1. The zero-order valence-electron chi connectivity index (χ0n) is 10.8. The Kier molecular flexibility index (Phi) is 3.08. The summed E-state index contributed by atoms with van der Waals surface area (Å²) in [6.45, 7) is 2.87. The van der Waals surface area contributed by atoms with Crippen molar-refractivity contribution in [1.29, 1.82) is 0 Å². The van der Waals surface area contributed by atoms with Crippen LogP contribution in [-0.2, 0) is 4.74 Å². The van der Waals surface area contributed by atoms with Crippen molar-refractivity contribution >= 4 is 5.90 Å². The SMILES string of the molecule is Cc1ccccc1C1=NC2CCC(CN)CC2O1. The second-order valence-electron chi connectivity index (χ2n) is 5.39. The Bertz CT molecular complexity index is 469. The van der Waals surface area contributed by atoms with E-state index in [1.807, 2.05) is 12.1 Å². The lowest BCUT2D eigenvalue weighted by molar-refractivity contribution is 0.123. The van der Waals surface area contributed by atoms with E-state index in [4.69, 9.17) is 15.5 Å². The van der Waals surface area contributed by atoms with Gasteiger partial charge in [0.2, 0.25) is 5.90 Å². The lowest BCUT2D eigenvalue weighted by atomic mass is 9.84. The van der Waals surface area contributed by atoms with Gasteiger partial charge in [-0.05, 0) is 50.3 Å². The Morgan fingerprint density at radius 2 is 2.17 bits per heavy atom. The summed E-state index contributed by atoms with van der Waals surface area (Å²) in [5.74, 6) is 1.44. The summed E-state index contributed by atoms with van der Waals surface area (Å²) in [6.07, 6.45) is 3.61. The lowest BCUT2D eigenvalue weighted by Crippen LogP contribution is -2.34. The van der Waals surface area contributed by atoms with Gasteiger partial charge in [0.1, 0.15) is 6.10 Å². The van der Waals surface area contributed by atoms with Crippen LogP contribution in [0.25, 0.3) is 0 Å². The van der Waals surface area contributed by atoms with E-state index in [9.17, 15) is 0 Å². The molecule has 1 aromatic rings. The van der Waals surface area contributed by atoms with Gasteiger partial charge in [-0.2, -0.15) is 0 Å². The van der Waals surface area contributed by atoms with Crippen molar-refractivity contribution in [3.05, 3.63) is 35.4 Å². The standard InChI is InChI=1S/C15H20N2O/c1-10-4-2-3-5-12(10)15-17-13-7-6-11(9-16)8-14(13)18-15/h2-5,11,13-14H,6-9,16H2,1H3. The van der Waals surface area contributed by atoms with Crippen LogP contribution in [0.2, 0.25) is 0 Å². The van der Waals surface area contributed by atoms with Crippen molar-refractivity contribution in [2.24, 2.45) is 16.6 Å². The molecule has 0 radical (unpaired) electrons. The first-order valence-electron chi connectivity index (χ1n) is 6.78. The van der Waals surface area contributed by atoms with Crippen molar-refractivity contribution in [3.63, 3.8) is 0 Å². The lowest BCUT2D eigenvalue weighted by Gasteiger charge is -2.28. The topological polar surface area (TPSA) is 47.6 Å². The first-order valence-corrected chi connectivity index (χ1v) is 6.78. The van der Waals surface area contributed by atoms with Crippen molar-refractivity contribution in [2.45, 2.75) is 38.3 Å². The van der Waals surface area contributed by atoms with E-state index in [0.29, 0.717) is 12.0 Å². The molecule has 1 aliphatic heterocycles. The molecular weight excluding hydrogens is 224 g/mol. The third-order valence-corrected chi connectivity index (χ3v) is 4.12. The molecule has 18 heavy (non-hydrogen) atoms. The highest BCUT2D eigenvalue weighted by atomic mass is 16.5. The largest absolute Gasteiger partial charge is 0.472 e. The molecule has 0 saturated heterocycles. The fraction of sp³-hybridized carbons (Fsp3) is 0.533. The first kappa shape index (κ1) is 11.7. The van der Waals surface area contributed by atoms with Crippen LogP contribution >= 0.6 is 0 Å². The maximum absolute atomic E-state index is 6.06. The molecule has 3 heteroatoms. The molecule has 1 aromatic carbocycles. The van der Waals surface area contributed by atoms with E-state index in [1.165, 1.54) is 12.0 Å². The van der Waals surface area contributed by atoms with E-state index < -0.39 is 0 Å². The highest BCUT2D eigenvalue weighted by molar-refractivity contribution is 5.96. The predicted molar refractivity (Wildman–Crippen MR) is 72.8 cm³/mol. The number of ether oxygens (including phenoxy) is 1. The number of hydrogen-bond acceptors (Lipinski definition) is 3. The molecule has 1 heterocycles. The van der Waals surface area contributed by atoms with Crippen molar-refractivity contribution in [3.8, 4) is 0 Å². The Labute approximate surface area is 108 Å². The minimum absolute atomic E-state index is 0.252. The van der Waals surface area contributed by atoms with Gasteiger partial charge in [-0.25, -0.2) is 4.99 Å². The number of rotatable bonds is 2. The molecule has 3 atom stereocenters. The Morgan fingerprint density at radius 1 is 1.33 bits per heavy atom. The fourth-order valence-electron chi connectivity index (χ4n) is 2.95. The number of benzene rings is 1. The summed E-state index contributed by atoms with van der Waals surface area (Å²) in [7, 11) is 0. The summed E-state index contributed by atoms with van der Waals surface area (Å²) in [5, 5.41) is 0. The fourth-order valence-corrected chi connectivity index (χ4v) is 2.95. The maximum atomic E-state index is 6.06. The van der Waals surface area contributed by atoms with Crippen molar-refractivity contribution in [1.82, 2.24) is 0 Å². The van der Waals surface area contributed by atoms with E-state index in [-0.39, 0.29) is 6.10 Å². The van der Waals surface area contributed by atoms with Gasteiger partial charge in [0.15, 0.2) is 0 Å². The molecule has 3 unspecified atom stereocenters. The van der Waals surface area contributed by atoms with Crippen molar-refractivity contribution in [2.75, 3.05) is 6.54 Å². The molecule has 96 valence electrons. The second-order valence-corrected chi connectivity index (χ2v) is 5.39. The number of nitrogens with two attached hydrogens (primary N) is 1. The molecule has 0 amide bonds. The van der Waals surface area contributed by atoms with Gasteiger partial charge in [-0.15, -0.1) is 0 Å². The quantitative estimate of drug-likeness (QED) is 0.867. The average Bonchev–Trinajstić information content (AvgIpc) is 2.81. The molecule has 0 bridgehead atoms. The molecule has 1 fully saturated rings. The Hall–Kier alpha value is -1.35. The molecule has 2 N–H and O–H groups in total. The van der Waals surface area contributed by atoms with Gasteiger partial charge < -0.3 is 10.5 Å². The number of nitrogens with zero attached hydrogens (tertiary/aromatic N) is 1. The zero-order chi connectivity index (χ0) is 12.5. The summed E-state index contributed by atoms with van der Waals surface area (Å²) in [6, 6.07) is 8.63. The molecular formula is C15H20N2O. The summed E-state index contributed by atoms with van der Waals surface area (Å²) in [4.78, 5) is 4.76. The summed E-state index contributed by atoms with van der Waals surface area (Å²) in [5.41, 5.74) is 8.13. The minimum atomic E-state index is 0.252. The van der Waals surface area contributed by atoms with E-state index >= 15 is 0 Å². The van der Waals surface area contributed by atoms with Crippen LogP contribution in [0.1, 0.15) is 30.4 Å². The molecule has 1 aliphatic carbocycles. The molecule has 3 rings (SSSR count). The van der Waals surface area contributed by atoms with Crippen molar-refractivity contribution < 1.29 is 4.74 Å². The smallest absolute Gasteiger partial charge is 0.217 e. The Morgan fingerprint density at radius 3 is 2.94 bits per heavy atom. The normalized spacial score (nSPS) is 30.6. The second kappa shape index (κ2) is 4.73. The van der Waals surface area contributed by atoms with Crippen LogP contribution in [0.5, 0.6) is 0 Å². The van der Waals surface area contributed by atoms with Gasteiger partial charge in [0.05, 0.1) is 6.04 Å². The van der Waals surface area contributed by atoms with Crippen LogP contribution in [0, 0.1) is 12.8 Å². The number of hydrogen-bond donors (Lipinski definition) is 1. The van der Waals surface area contributed by atoms with Gasteiger partial charge >= 0.3 is 0 Å². The van der Waals surface area contributed by atoms with Crippen LogP contribution in [-0.4, -0.2) is 24.6 Å². The van der Waals surface area contributed by atoms with E-state index in [0.717, 1.165) is 30.8 Å².